The molecule has 0 saturated heterocycles. The molecular formula is C22H22N2O3S2. The minimum atomic E-state index is -0.444. The molecule has 0 radical (unpaired) electrons. The summed E-state index contributed by atoms with van der Waals surface area (Å²) in [5.41, 5.74) is 2.55. The second-order valence-electron chi connectivity index (χ2n) is 6.39. The Morgan fingerprint density at radius 2 is 1.83 bits per heavy atom. The standard InChI is InChI=1S/C22H22N2O3S2/c1-16-23-19(14-28-16)15-29-20-10-8-18(9-11-20)22(26)24(13-21(25)27-2)12-17-6-4-3-5-7-17/h3-11,14H,12-13,15H2,1-2H3. The summed E-state index contributed by atoms with van der Waals surface area (Å²) in [6.45, 7) is 2.24. The summed E-state index contributed by atoms with van der Waals surface area (Å²) in [6.07, 6.45) is 0. The van der Waals surface area contributed by atoms with E-state index in [9.17, 15) is 9.59 Å². The number of carbonyl (C=O) groups is 2. The van der Waals surface area contributed by atoms with Crippen LogP contribution in [0.5, 0.6) is 0 Å². The second-order valence-corrected chi connectivity index (χ2v) is 8.50. The number of amides is 1. The van der Waals surface area contributed by atoms with Crippen molar-refractivity contribution in [3.8, 4) is 0 Å². The van der Waals surface area contributed by atoms with Gasteiger partial charge in [0.25, 0.3) is 5.91 Å². The molecule has 1 amide bonds. The highest BCUT2D eigenvalue weighted by atomic mass is 32.2. The van der Waals surface area contributed by atoms with Crippen molar-refractivity contribution in [2.45, 2.75) is 24.1 Å². The van der Waals surface area contributed by atoms with Crippen LogP contribution >= 0.6 is 23.1 Å². The van der Waals surface area contributed by atoms with Crippen molar-refractivity contribution in [3.05, 3.63) is 81.8 Å². The van der Waals surface area contributed by atoms with Gasteiger partial charge in [-0.3, -0.25) is 9.59 Å². The number of ether oxygens (including phenoxy) is 1. The number of nitrogens with zero attached hydrogens (tertiary/aromatic N) is 2. The van der Waals surface area contributed by atoms with E-state index in [-0.39, 0.29) is 12.5 Å². The monoisotopic (exact) mass is 426 g/mol. The lowest BCUT2D eigenvalue weighted by Gasteiger charge is -2.22. The molecule has 7 heteroatoms. The smallest absolute Gasteiger partial charge is 0.325 e. The van der Waals surface area contributed by atoms with Gasteiger partial charge in [-0.1, -0.05) is 30.3 Å². The number of hydrogen-bond acceptors (Lipinski definition) is 6. The third-order valence-electron chi connectivity index (χ3n) is 4.21. The van der Waals surface area contributed by atoms with Gasteiger partial charge < -0.3 is 9.64 Å². The van der Waals surface area contributed by atoms with Crippen LogP contribution in [0.25, 0.3) is 0 Å². The fraction of sp³-hybridized carbons (Fsp3) is 0.227. The Kier molecular flexibility index (Phi) is 7.43. The number of rotatable bonds is 8. The number of methoxy groups -OCH3 is 1. The minimum absolute atomic E-state index is 0.0933. The maximum atomic E-state index is 13.0. The number of hydrogen-bond donors (Lipinski definition) is 0. The summed E-state index contributed by atoms with van der Waals surface area (Å²) < 4.78 is 4.76. The highest BCUT2D eigenvalue weighted by molar-refractivity contribution is 7.98. The molecule has 0 unspecified atom stereocenters. The first-order chi connectivity index (χ1) is 14.0. The maximum Gasteiger partial charge on any atom is 0.325 e. The average Bonchev–Trinajstić information content (AvgIpc) is 3.17. The van der Waals surface area contributed by atoms with Crippen LogP contribution in [-0.2, 0) is 21.8 Å². The van der Waals surface area contributed by atoms with Crippen LogP contribution in [0.2, 0.25) is 0 Å². The van der Waals surface area contributed by atoms with E-state index in [0.717, 1.165) is 26.9 Å². The highest BCUT2D eigenvalue weighted by Gasteiger charge is 2.19. The van der Waals surface area contributed by atoms with Gasteiger partial charge in [-0.25, -0.2) is 4.98 Å². The fourth-order valence-corrected chi connectivity index (χ4v) is 4.24. The molecule has 29 heavy (non-hydrogen) atoms. The Bertz CT molecular complexity index is 956. The first-order valence-corrected chi connectivity index (χ1v) is 11.0. The van der Waals surface area contributed by atoms with Crippen molar-refractivity contribution < 1.29 is 14.3 Å². The molecule has 5 nitrogen and oxygen atoms in total. The number of esters is 1. The number of carbonyl (C=O) groups excluding carboxylic acids is 2. The molecule has 0 aliphatic carbocycles. The summed E-state index contributed by atoms with van der Waals surface area (Å²) in [6, 6.07) is 17.0. The Balaban J connectivity index is 1.68. The summed E-state index contributed by atoms with van der Waals surface area (Å²) in [7, 11) is 1.32. The summed E-state index contributed by atoms with van der Waals surface area (Å²) in [5, 5.41) is 3.12. The maximum absolute atomic E-state index is 13.0. The summed E-state index contributed by atoms with van der Waals surface area (Å²) in [5.74, 6) is 0.144. The molecular weight excluding hydrogens is 404 g/mol. The quantitative estimate of drug-likeness (QED) is 0.390. The van der Waals surface area contributed by atoms with Gasteiger partial charge in [0.05, 0.1) is 17.8 Å². The van der Waals surface area contributed by atoms with Crippen LogP contribution in [0.15, 0.2) is 64.9 Å². The van der Waals surface area contributed by atoms with Gasteiger partial charge in [-0.2, -0.15) is 0 Å². The first kappa shape index (κ1) is 21.1. The molecule has 1 heterocycles. The van der Waals surface area contributed by atoms with E-state index >= 15 is 0 Å². The molecule has 0 fully saturated rings. The predicted molar refractivity (Wildman–Crippen MR) is 116 cm³/mol. The number of aromatic nitrogens is 1. The second kappa shape index (κ2) is 10.2. The molecule has 0 aliphatic rings. The lowest BCUT2D eigenvalue weighted by molar-refractivity contribution is -0.141. The van der Waals surface area contributed by atoms with Crippen LogP contribution in [0.4, 0.5) is 0 Å². The van der Waals surface area contributed by atoms with Gasteiger partial charge in [-0.05, 0) is 36.8 Å². The van der Waals surface area contributed by atoms with E-state index in [4.69, 9.17) is 4.74 Å². The number of aryl methyl sites for hydroxylation is 1. The summed E-state index contributed by atoms with van der Waals surface area (Å²) >= 11 is 3.32. The average molecular weight is 427 g/mol. The van der Waals surface area contributed by atoms with Crippen LogP contribution < -0.4 is 0 Å². The highest BCUT2D eigenvalue weighted by Crippen LogP contribution is 2.24. The largest absolute Gasteiger partial charge is 0.468 e. The Morgan fingerprint density at radius 1 is 1.10 bits per heavy atom. The lowest BCUT2D eigenvalue weighted by Crippen LogP contribution is -2.35. The van der Waals surface area contributed by atoms with Crippen molar-refractivity contribution >= 4 is 35.0 Å². The molecule has 3 aromatic rings. The number of thiazole rings is 1. The zero-order valence-electron chi connectivity index (χ0n) is 16.3. The molecule has 2 aromatic carbocycles. The molecule has 0 N–H and O–H groups in total. The van der Waals surface area contributed by atoms with Crippen molar-refractivity contribution in [1.82, 2.24) is 9.88 Å². The Hall–Kier alpha value is -2.64. The van der Waals surface area contributed by atoms with Crippen molar-refractivity contribution in [1.29, 1.82) is 0 Å². The fourth-order valence-electron chi connectivity index (χ4n) is 2.73. The van der Waals surface area contributed by atoms with E-state index in [1.54, 1.807) is 35.2 Å². The molecule has 0 atom stereocenters. The Labute approximate surface area is 178 Å². The van der Waals surface area contributed by atoms with Crippen LogP contribution in [-0.4, -0.2) is 35.4 Å². The topological polar surface area (TPSA) is 59.5 Å². The predicted octanol–water partition coefficient (Wildman–Crippen LogP) is 4.56. The lowest BCUT2D eigenvalue weighted by atomic mass is 10.1. The molecule has 0 saturated carbocycles. The van der Waals surface area contributed by atoms with E-state index in [1.165, 1.54) is 12.0 Å². The first-order valence-electron chi connectivity index (χ1n) is 9.09. The van der Waals surface area contributed by atoms with Gasteiger partial charge in [0.15, 0.2) is 0 Å². The minimum Gasteiger partial charge on any atom is -0.468 e. The van der Waals surface area contributed by atoms with E-state index < -0.39 is 5.97 Å². The van der Waals surface area contributed by atoms with Crippen molar-refractivity contribution in [3.63, 3.8) is 0 Å². The van der Waals surface area contributed by atoms with Gasteiger partial charge in [-0.15, -0.1) is 23.1 Å². The van der Waals surface area contributed by atoms with Crippen molar-refractivity contribution in [2.24, 2.45) is 0 Å². The number of benzene rings is 2. The van der Waals surface area contributed by atoms with E-state index in [1.807, 2.05) is 49.4 Å². The molecule has 1 aromatic heterocycles. The van der Waals surface area contributed by atoms with E-state index in [2.05, 4.69) is 10.4 Å². The Morgan fingerprint density at radius 3 is 2.45 bits per heavy atom. The van der Waals surface area contributed by atoms with Crippen molar-refractivity contribution in [2.75, 3.05) is 13.7 Å². The zero-order chi connectivity index (χ0) is 20.6. The zero-order valence-corrected chi connectivity index (χ0v) is 18.0. The van der Waals surface area contributed by atoms with Gasteiger partial charge >= 0.3 is 5.97 Å². The van der Waals surface area contributed by atoms with Gasteiger partial charge in [0.2, 0.25) is 0 Å². The molecule has 150 valence electrons. The molecule has 0 aliphatic heterocycles. The third-order valence-corrected chi connectivity index (χ3v) is 6.07. The summed E-state index contributed by atoms with van der Waals surface area (Å²) in [4.78, 5) is 31.8. The normalized spacial score (nSPS) is 10.6. The molecule has 0 bridgehead atoms. The molecule has 0 spiro atoms. The molecule has 3 rings (SSSR count). The van der Waals surface area contributed by atoms with Gasteiger partial charge in [0, 0.05) is 28.1 Å². The third kappa shape index (κ3) is 6.17. The van der Waals surface area contributed by atoms with Crippen LogP contribution in [0.3, 0.4) is 0 Å². The van der Waals surface area contributed by atoms with Crippen LogP contribution in [0.1, 0.15) is 26.6 Å². The van der Waals surface area contributed by atoms with E-state index in [0.29, 0.717) is 12.1 Å². The van der Waals surface area contributed by atoms with Crippen LogP contribution in [0, 0.1) is 6.92 Å². The van der Waals surface area contributed by atoms with Gasteiger partial charge in [0.1, 0.15) is 6.54 Å². The number of thioether (sulfide) groups is 1. The SMILES string of the molecule is COC(=O)CN(Cc1ccccc1)C(=O)c1ccc(SCc2csc(C)n2)cc1.